The number of nitrogens with two attached hydrogens (primary N) is 1. The van der Waals surface area contributed by atoms with Crippen LogP contribution in [0.1, 0.15) is 34.6 Å². The van der Waals surface area contributed by atoms with Crippen molar-refractivity contribution < 1.29 is 4.79 Å². The molecule has 1 saturated heterocycles. The van der Waals surface area contributed by atoms with Gasteiger partial charge in [-0.2, -0.15) is 5.10 Å². The lowest BCUT2D eigenvalue weighted by atomic mass is 10.1. The van der Waals surface area contributed by atoms with Crippen molar-refractivity contribution in [3.8, 4) is 0 Å². The molecule has 0 unspecified atom stereocenters. The molecule has 1 aliphatic rings. The quantitative estimate of drug-likeness (QED) is 0.879. The van der Waals surface area contributed by atoms with Gasteiger partial charge >= 0.3 is 0 Å². The van der Waals surface area contributed by atoms with Gasteiger partial charge in [0, 0.05) is 32.4 Å². The normalized spacial score (nSPS) is 17.0. The van der Waals surface area contributed by atoms with Crippen molar-refractivity contribution in [2.24, 2.45) is 12.8 Å². The molecule has 1 aromatic rings. The van der Waals surface area contributed by atoms with Crippen LogP contribution < -0.4 is 5.73 Å². The molecule has 0 atom stereocenters. The molecule has 2 heterocycles. The molecule has 1 amide bonds. The summed E-state index contributed by atoms with van der Waals surface area (Å²) >= 11 is 0. The summed E-state index contributed by atoms with van der Waals surface area (Å²) in [4.78, 5) is 17.1. The molecule has 2 N–H and O–H groups in total. The zero-order valence-electron chi connectivity index (χ0n) is 13.4. The zero-order chi connectivity index (χ0) is 15.4. The van der Waals surface area contributed by atoms with Gasteiger partial charge in [-0.25, -0.2) is 0 Å². The Kier molecular flexibility index (Phi) is 5.36. The molecule has 21 heavy (non-hydrogen) atoms. The number of aryl methyl sites for hydroxylation is 2. The number of aromatic nitrogens is 2. The lowest BCUT2D eigenvalue weighted by Crippen LogP contribution is -2.36. The number of amides is 1. The number of carbonyl (C=O) groups excluding carboxylic acids is 1. The Bertz CT molecular complexity index is 496. The summed E-state index contributed by atoms with van der Waals surface area (Å²) in [7, 11) is 1.89. The summed E-state index contributed by atoms with van der Waals surface area (Å²) in [5.41, 5.74) is 8.11. The highest BCUT2D eigenvalue weighted by Gasteiger charge is 2.24. The van der Waals surface area contributed by atoms with Crippen LogP contribution in [0, 0.1) is 13.8 Å². The highest BCUT2D eigenvalue weighted by Crippen LogP contribution is 2.16. The Morgan fingerprint density at radius 3 is 2.62 bits per heavy atom. The summed E-state index contributed by atoms with van der Waals surface area (Å²) in [5.74, 6) is 0.124. The van der Waals surface area contributed by atoms with E-state index < -0.39 is 0 Å². The highest BCUT2D eigenvalue weighted by atomic mass is 16.2. The second-order valence-corrected chi connectivity index (χ2v) is 5.80. The van der Waals surface area contributed by atoms with E-state index in [0.717, 1.165) is 69.1 Å². The lowest BCUT2D eigenvalue weighted by Gasteiger charge is -2.22. The molecule has 0 aromatic carbocycles. The van der Waals surface area contributed by atoms with Crippen LogP contribution in [-0.4, -0.2) is 64.8 Å². The average molecular weight is 293 g/mol. The maximum atomic E-state index is 12.8. The molecule has 6 heteroatoms. The molecule has 1 aliphatic heterocycles. The van der Waals surface area contributed by atoms with E-state index in [1.54, 1.807) is 4.68 Å². The van der Waals surface area contributed by atoms with Crippen LogP contribution >= 0.6 is 0 Å². The van der Waals surface area contributed by atoms with Crippen molar-refractivity contribution in [3.63, 3.8) is 0 Å². The first-order chi connectivity index (χ1) is 10.0. The van der Waals surface area contributed by atoms with Crippen LogP contribution in [0.25, 0.3) is 0 Å². The van der Waals surface area contributed by atoms with Crippen LogP contribution in [-0.2, 0) is 7.05 Å². The molecule has 1 aromatic heterocycles. The maximum absolute atomic E-state index is 12.8. The van der Waals surface area contributed by atoms with Gasteiger partial charge in [-0.3, -0.25) is 9.48 Å². The van der Waals surface area contributed by atoms with E-state index in [2.05, 4.69) is 10.00 Å². The van der Waals surface area contributed by atoms with Gasteiger partial charge in [0.05, 0.1) is 11.3 Å². The SMILES string of the molecule is Cc1nn(C)c(C)c1C(=O)N1CCCN(CCCN)CC1. The van der Waals surface area contributed by atoms with Gasteiger partial charge in [0.15, 0.2) is 0 Å². The first-order valence-corrected chi connectivity index (χ1v) is 7.76. The van der Waals surface area contributed by atoms with Crippen molar-refractivity contribution >= 4 is 5.91 Å². The number of rotatable bonds is 4. The second kappa shape index (κ2) is 7.04. The summed E-state index contributed by atoms with van der Waals surface area (Å²) < 4.78 is 1.79. The molecule has 2 rings (SSSR count). The number of hydrogen-bond acceptors (Lipinski definition) is 4. The minimum atomic E-state index is 0.124. The molecule has 0 aliphatic carbocycles. The van der Waals surface area contributed by atoms with Gasteiger partial charge in [-0.1, -0.05) is 0 Å². The van der Waals surface area contributed by atoms with E-state index in [1.807, 2.05) is 25.8 Å². The zero-order valence-corrected chi connectivity index (χ0v) is 13.4. The lowest BCUT2D eigenvalue weighted by molar-refractivity contribution is 0.0760. The fraction of sp³-hybridized carbons (Fsp3) is 0.733. The van der Waals surface area contributed by atoms with Gasteiger partial charge < -0.3 is 15.5 Å². The van der Waals surface area contributed by atoms with Crippen molar-refractivity contribution in [3.05, 3.63) is 17.0 Å². The van der Waals surface area contributed by atoms with Crippen molar-refractivity contribution in [1.82, 2.24) is 19.6 Å². The fourth-order valence-corrected chi connectivity index (χ4v) is 2.95. The maximum Gasteiger partial charge on any atom is 0.257 e. The van der Waals surface area contributed by atoms with E-state index in [1.165, 1.54) is 0 Å². The van der Waals surface area contributed by atoms with Crippen LogP contribution in [0.15, 0.2) is 0 Å². The number of hydrogen-bond donors (Lipinski definition) is 1. The van der Waals surface area contributed by atoms with Crippen LogP contribution in [0.4, 0.5) is 0 Å². The molecule has 1 fully saturated rings. The average Bonchev–Trinajstić information content (AvgIpc) is 2.64. The van der Waals surface area contributed by atoms with E-state index in [4.69, 9.17) is 5.73 Å². The van der Waals surface area contributed by atoms with Gasteiger partial charge in [0.2, 0.25) is 0 Å². The summed E-state index contributed by atoms with van der Waals surface area (Å²) in [6.07, 6.45) is 2.05. The summed E-state index contributed by atoms with van der Waals surface area (Å²) in [6.45, 7) is 9.22. The highest BCUT2D eigenvalue weighted by molar-refractivity contribution is 5.96. The predicted octanol–water partition coefficient (Wildman–Crippen LogP) is 0.534. The van der Waals surface area contributed by atoms with E-state index in [-0.39, 0.29) is 5.91 Å². The molecule has 0 spiro atoms. The van der Waals surface area contributed by atoms with Gasteiger partial charge in [-0.05, 0) is 46.3 Å². The Balaban J connectivity index is 2.03. The molecular formula is C15H27N5O. The predicted molar refractivity (Wildman–Crippen MR) is 83.3 cm³/mol. The summed E-state index contributed by atoms with van der Waals surface area (Å²) in [6, 6.07) is 0. The first kappa shape index (κ1) is 16.0. The Morgan fingerprint density at radius 2 is 2.00 bits per heavy atom. The van der Waals surface area contributed by atoms with E-state index >= 15 is 0 Å². The molecule has 0 bridgehead atoms. The molecule has 0 radical (unpaired) electrons. The minimum absolute atomic E-state index is 0.124. The van der Waals surface area contributed by atoms with Gasteiger partial charge in [0.1, 0.15) is 0 Å². The molecule has 0 saturated carbocycles. The van der Waals surface area contributed by atoms with Gasteiger partial charge in [0.25, 0.3) is 5.91 Å². The third-order valence-corrected chi connectivity index (χ3v) is 4.28. The third kappa shape index (κ3) is 3.63. The number of nitrogens with zero attached hydrogens (tertiary/aromatic N) is 4. The Morgan fingerprint density at radius 1 is 1.24 bits per heavy atom. The Hall–Kier alpha value is -1.40. The second-order valence-electron chi connectivity index (χ2n) is 5.80. The molecule has 6 nitrogen and oxygen atoms in total. The van der Waals surface area contributed by atoms with Crippen LogP contribution in [0.2, 0.25) is 0 Å². The largest absolute Gasteiger partial charge is 0.337 e. The Labute approximate surface area is 126 Å². The smallest absolute Gasteiger partial charge is 0.257 e. The van der Waals surface area contributed by atoms with Crippen LogP contribution in [0.3, 0.4) is 0 Å². The third-order valence-electron chi connectivity index (χ3n) is 4.28. The topological polar surface area (TPSA) is 67.4 Å². The van der Waals surface area contributed by atoms with E-state index in [0.29, 0.717) is 0 Å². The number of carbonyl (C=O) groups is 1. The first-order valence-electron chi connectivity index (χ1n) is 7.76. The van der Waals surface area contributed by atoms with Gasteiger partial charge in [-0.15, -0.1) is 0 Å². The summed E-state index contributed by atoms with van der Waals surface area (Å²) in [5, 5.41) is 4.35. The fourth-order valence-electron chi connectivity index (χ4n) is 2.95. The van der Waals surface area contributed by atoms with Crippen molar-refractivity contribution in [2.75, 3.05) is 39.3 Å². The van der Waals surface area contributed by atoms with Crippen molar-refractivity contribution in [1.29, 1.82) is 0 Å². The van der Waals surface area contributed by atoms with Crippen LogP contribution in [0.5, 0.6) is 0 Å². The molecule has 118 valence electrons. The monoisotopic (exact) mass is 293 g/mol. The minimum Gasteiger partial charge on any atom is -0.337 e. The van der Waals surface area contributed by atoms with E-state index in [9.17, 15) is 4.79 Å². The molecular weight excluding hydrogens is 266 g/mol. The standard InChI is InChI=1S/C15H27N5O/c1-12-14(13(2)18(3)17-12)15(21)20-9-5-8-19(10-11-20)7-4-6-16/h4-11,16H2,1-3H3. The van der Waals surface area contributed by atoms with Crippen molar-refractivity contribution in [2.45, 2.75) is 26.7 Å².